The molecule has 0 unspecified atom stereocenters. The van der Waals surface area contributed by atoms with Crippen LogP contribution in [-0.2, 0) is 6.54 Å². The van der Waals surface area contributed by atoms with Gasteiger partial charge in [0.15, 0.2) is 5.82 Å². The number of hydrogen-bond acceptors (Lipinski definition) is 6. The highest BCUT2D eigenvalue weighted by atomic mass is 16.5. The van der Waals surface area contributed by atoms with E-state index in [9.17, 15) is 4.79 Å². The maximum Gasteiger partial charge on any atom is 0.253 e. The highest BCUT2D eigenvalue weighted by Crippen LogP contribution is 2.15. The highest BCUT2D eigenvalue weighted by Gasteiger charge is 2.13. The van der Waals surface area contributed by atoms with Crippen LogP contribution in [0, 0.1) is 0 Å². The van der Waals surface area contributed by atoms with Crippen LogP contribution in [0.15, 0.2) is 35.2 Å². The molecule has 3 aromatic rings. The van der Waals surface area contributed by atoms with Crippen LogP contribution in [0.4, 0.5) is 0 Å². The first kappa shape index (κ1) is 14.1. The molecule has 1 N–H and O–H groups in total. The van der Waals surface area contributed by atoms with Crippen molar-refractivity contribution in [2.75, 3.05) is 0 Å². The standard InChI is InChI=1S/C15H15N5O2/c1-9(2)15-19-12(20-22-15)7-17-14(21)11-5-3-4-10-6-16-8-18-13(10)11/h3-6,8-9H,7H2,1-2H3,(H,17,21). The van der Waals surface area contributed by atoms with Gasteiger partial charge in [-0.15, -0.1) is 0 Å². The summed E-state index contributed by atoms with van der Waals surface area (Å²) in [7, 11) is 0. The van der Waals surface area contributed by atoms with E-state index in [1.807, 2.05) is 19.9 Å². The van der Waals surface area contributed by atoms with Gasteiger partial charge >= 0.3 is 0 Å². The number of aromatic nitrogens is 4. The summed E-state index contributed by atoms with van der Waals surface area (Å²) in [4.78, 5) is 24.6. The van der Waals surface area contributed by atoms with Crippen molar-refractivity contribution in [2.24, 2.45) is 0 Å². The molecule has 0 spiro atoms. The highest BCUT2D eigenvalue weighted by molar-refractivity contribution is 6.05. The molecule has 0 saturated heterocycles. The fourth-order valence-corrected chi connectivity index (χ4v) is 2.03. The molecule has 0 aliphatic rings. The average Bonchev–Trinajstić information content (AvgIpc) is 3.01. The van der Waals surface area contributed by atoms with Gasteiger partial charge in [0, 0.05) is 17.5 Å². The maximum atomic E-state index is 12.3. The van der Waals surface area contributed by atoms with Crippen LogP contribution in [-0.4, -0.2) is 26.0 Å². The largest absolute Gasteiger partial charge is 0.345 e. The van der Waals surface area contributed by atoms with Gasteiger partial charge in [-0.2, -0.15) is 4.98 Å². The minimum atomic E-state index is -0.236. The topological polar surface area (TPSA) is 93.8 Å². The number of fused-ring (bicyclic) bond motifs is 1. The van der Waals surface area contributed by atoms with Gasteiger partial charge in [0.25, 0.3) is 5.91 Å². The summed E-state index contributed by atoms with van der Waals surface area (Å²) < 4.78 is 5.10. The zero-order valence-corrected chi connectivity index (χ0v) is 12.3. The van der Waals surface area contributed by atoms with Gasteiger partial charge in [-0.05, 0) is 6.07 Å². The molecule has 0 atom stereocenters. The number of para-hydroxylation sites is 1. The summed E-state index contributed by atoms with van der Waals surface area (Å²) in [5.74, 6) is 0.931. The summed E-state index contributed by atoms with van der Waals surface area (Å²) in [6, 6.07) is 5.38. The van der Waals surface area contributed by atoms with Crippen LogP contribution in [0.1, 0.15) is 41.8 Å². The van der Waals surface area contributed by atoms with E-state index >= 15 is 0 Å². The Morgan fingerprint density at radius 3 is 3.00 bits per heavy atom. The number of carbonyl (C=O) groups is 1. The van der Waals surface area contributed by atoms with E-state index in [1.54, 1.807) is 18.3 Å². The Labute approximate surface area is 126 Å². The molecule has 2 heterocycles. The monoisotopic (exact) mass is 297 g/mol. The number of carbonyl (C=O) groups excluding carboxylic acids is 1. The lowest BCUT2D eigenvalue weighted by molar-refractivity contribution is 0.0951. The molecule has 0 fully saturated rings. The molecule has 1 aromatic carbocycles. The molecule has 0 aliphatic heterocycles. The second kappa shape index (κ2) is 5.88. The molecule has 0 radical (unpaired) electrons. The first-order valence-electron chi connectivity index (χ1n) is 6.94. The van der Waals surface area contributed by atoms with Gasteiger partial charge in [-0.3, -0.25) is 4.79 Å². The number of hydrogen-bond donors (Lipinski definition) is 1. The zero-order chi connectivity index (χ0) is 15.5. The van der Waals surface area contributed by atoms with Crippen LogP contribution in [0.2, 0.25) is 0 Å². The number of nitrogens with zero attached hydrogens (tertiary/aromatic N) is 4. The van der Waals surface area contributed by atoms with E-state index in [0.29, 0.717) is 22.8 Å². The van der Waals surface area contributed by atoms with Crippen LogP contribution < -0.4 is 5.32 Å². The smallest absolute Gasteiger partial charge is 0.253 e. The van der Waals surface area contributed by atoms with Crippen molar-refractivity contribution in [3.63, 3.8) is 0 Å². The lowest BCUT2D eigenvalue weighted by Crippen LogP contribution is -2.23. The van der Waals surface area contributed by atoms with Crippen molar-refractivity contribution in [2.45, 2.75) is 26.3 Å². The minimum Gasteiger partial charge on any atom is -0.345 e. The Bertz CT molecular complexity index is 807. The van der Waals surface area contributed by atoms with Crippen molar-refractivity contribution in [3.05, 3.63) is 48.0 Å². The summed E-state index contributed by atoms with van der Waals surface area (Å²) in [6.45, 7) is 4.13. The van der Waals surface area contributed by atoms with Gasteiger partial charge in [0.1, 0.15) is 6.33 Å². The number of amides is 1. The van der Waals surface area contributed by atoms with E-state index in [2.05, 4.69) is 25.4 Å². The van der Waals surface area contributed by atoms with E-state index in [4.69, 9.17) is 4.52 Å². The first-order valence-corrected chi connectivity index (χ1v) is 6.94. The summed E-state index contributed by atoms with van der Waals surface area (Å²) in [6.07, 6.45) is 3.10. The fraction of sp³-hybridized carbons (Fsp3) is 0.267. The molecule has 0 bridgehead atoms. The molecule has 0 aliphatic carbocycles. The van der Waals surface area contributed by atoms with Crippen LogP contribution in [0.25, 0.3) is 10.9 Å². The number of benzene rings is 1. The first-order chi connectivity index (χ1) is 10.6. The second-order valence-corrected chi connectivity index (χ2v) is 5.15. The van der Waals surface area contributed by atoms with Crippen molar-refractivity contribution in [1.29, 1.82) is 0 Å². The molecule has 0 saturated carbocycles. The summed E-state index contributed by atoms with van der Waals surface area (Å²) >= 11 is 0. The number of rotatable bonds is 4. The number of nitrogens with one attached hydrogen (secondary N) is 1. The lowest BCUT2D eigenvalue weighted by Gasteiger charge is -2.05. The molecule has 112 valence electrons. The molecule has 7 heteroatoms. The van der Waals surface area contributed by atoms with E-state index in [0.717, 1.165) is 5.39 Å². The Morgan fingerprint density at radius 2 is 2.23 bits per heavy atom. The van der Waals surface area contributed by atoms with Gasteiger partial charge < -0.3 is 9.84 Å². The predicted molar refractivity (Wildman–Crippen MR) is 79.1 cm³/mol. The van der Waals surface area contributed by atoms with E-state index < -0.39 is 0 Å². The minimum absolute atomic E-state index is 0.159. The Balaban J connectivity index is 1.76. The average molecular weight is 297 g/mol. The van der Waals surface area contributed by atoms with Crippen molar-refractivity contribution >= 4 is 16.8 Å². The van der Waals surface area contributed by atoms with Crippen LogP contribution in [0.3, 0.4) is 0 Å². The Hall–Kier alpha value is -2.83. The molecule has 7 nitrogen and oxygen atoms in total. The van der Waals surface area contributed by atoms with Gasteiger partial charge in [-0.1, -0.05) is 31.1 Å². The summed E-state index contributed by atoms with van der Waals surface area (Å²) in [5.41, 5.74) is 1.11. The Kier molecular flexibility index (Phi) is 3.78. The van der Waals surface area contributed by atoms with E-state index in [-0.39, 0.29) is 18.4 Å². The zero-order valence-electron chi connectivity index (χ0n) is 12.3. The van der Waals surface area contributed by atoms with Crippen molar-refractivity contribution in [1.82, 2.24) is 25.4 Å². The normalized spacial score (nSPS) is 11.0. The molecule has 22 heavy (non-hydrogen) atoms. The predicted octanol–water partition coefficient (Wildman–Crippen LogP) is 2.07. The van der Waals surface area contributed by atoms with E-state index in [1.165, 1.54) is 6.33 Å². The quantitative estimate of drug-likeness (QED) is 0.792. The molecule has 1 amide bonds. The molecule has 3 rings (SSSR count). The third-order valence-electron chi connectivity index (χ3n) is 3.16. The third kappa shape index (κ3) is 2.78. The molecular formula is C15H15N5O2. The Morgan fingerprint density at radius 1 is 1.36 bits per heavy atom. The molecule has 2 aromatic heterocycles. The SMILES string of the molecule is CC(C)c1nc(CNC(=O)c2cccc3cncnc23)no1. The maximum absolute atomic E-state index is 12.3. The van der Waals surface area contributed by atoms with Crippen LogP contribution in [0.5, 0.6) is 0 Å². The van der Waals surface area contributed by atoms with Gasteiger partial charge in [0.05, 0.1) is 17.6 Å². The second-order valence-electron chi connectivity index (χ2n) is 5.15. The molecular weight excluding hydrogens is 282 g/mol. The third-order valence-corrected chi connectivity index (χ3v) is 3.16. The lowest BCUT2D eigenvalue weighted by atomic mass is 10.1. The summed E-state index contributed by atoms with van der Waals surface area (Å²) in [5, 5.41) is 7.43. The van der Waals surface area contributed by atoms with Crippen molar-refractivity contribution in [3.8, 4) is 0 Å². The fourth-order valence-electron chi connectivity index (χ4n) is 2.03. The van der Waals surface area contributed by atoms with Gasteiger partial charge in [-0.25, -0.2) is 9.97 Å². The van der Waals surface area contributed by atoms with Crippen LogP contribution >= 0.6 is 0 Å². The van der Waals surface area contributed by atoms with Gasteiger partial charge in [0.2, 0.25) is 5.89 Å². The van der Waals surface area contributed by atoms with Crippen molar-refractivity contribution < 1.29 is 9.32 Å².